The molecule has 1 atom stereocenters. The van der Waals surface area contributed by atoms with E-state index in [4.69, 9.17) is 4.74 Å². The maximum Gasteiger partial charge on any atom is 0.180 e. The average molecular weight is 192 g/mol. The van der Waals surface area contributed by atoms with Crippen LogP contribution in [0, 0.1) is 0 Å². The molecule has 0 fully saturated rings. The van der Waals surface area contributed by atoms with E-state index in [1.54, 1.807) is 0 Å². The third-order valence-corrected chi connectivity index (χ3v) is 2.81. The predicted octanol–water partition coefficient (Wildman–Crippen LogP) is 1.83. The summed E-state index contributed by atoms with van der Waals surface area (Å²) in [6.07, 6.45) is 2.30. The van der Waals surface area contributed by atoms with E-state index < -0.39 is 0 Å². The summed E-state index contributed by atoms with van der Waals surface area (Å²) < 4.78 is 6.03. The van der Waals surface area contributed by atoms with Crippen LogP contribution < -0.4 is 10.1 Å². The normalized spacial score (nSPS) is 25.3. The minimum absolute atomic E-state index is 0.0170. The summed E-state index contributed by atoms with van der Waals surface area (Å²) in [4.78, 5) is 0. The zero-order valence-electron chi connectivity index (χ0n) is 8.92. The molecule has 2 rings (SSSR count). The van der Waals surface area contributed by atoms with Gasteiger partial charge in [-0.05, 0) is 19.4 Å². The van der Waals surface area contributed by atoms with Gasteiger partial charge in [-0.25, -0.2) is 0 Å². The lowest BCUT2D eigenvalue weighted by molar-refractivity contribution is -0.594. The number of para-hydroxylation sites is 2. The van der Waals surface area contributed by atoms with Gasteiger partial charge in [-0.1, -0.05) is 25.5 Å². The Bertz CT molecular complexity index is 324. The summed E-state index contributed by atoms with van der Waals surface area (Å²) in [6, 6.07) is 8.26. The first-order chi connectivity index (χ1) is 6.73. The summed E-state index contributed by atoms with van der Waals surface area (Å²) in [5.74, 6) is 1.04. The quantitative estimate of drug-likeness (QED) is 0.711. The number of benzene rings is 1. The Hall–Kier alpha value is -1.02. The molecule has 1 aromatic carbocycles. The van der Waals surface area contributed by atoms with Crippen molar-refractivity contribution in [1.29, 1.82) is 0 Å². The molecule has 0 amide bonds. The Morgan fingerprint density at radius 2 is 2.21 bits per heavy atom. The first-order valence-electron chi connectivity index (χ1n) is 5.35. The van der Waals surface area contributed by atoms with Gasteiger partial charge in [-0.15, -0.1) is 0 Å². The van der Waals surface area contributed by atoms with Crippen molar-refractivity contribution in [1.82, 2.24) is 0 Å². The van der Waals surface area contributed by atoms with Crippen LogP contribution in [-0.2, 0) is 0 Å². The van der Waals surface area contributed by atoms with Gasteiger partial charge >= 0.3 is 0 Å². The molecule has 0 aliphatic carbocycles. The summed E-state index contributed by atoms with van der Waals surface area (Å²) in [7, 11) is 0. The molecule has 1 aliphatic rings. The number of fused-ring (bicyclic) bond motifs is 1. The number of quaternary nitrogens is 1. The van der Waals surface area contributed by atoms with E-state index >= 15 is 0 Å². The predicted molar refractivity (Wildman–Crippen MR) is 56.8 cm³/mol. The molecule has 0 aromatic heterocycles. The lowest BCUT2D eigenvalue weighted by Crippen LogP contribution is -2.85. The highest BCUT2D eigenvalue weighted by molar-refractivity contribution is 5.46. The van der Waals surface area contributed by atoms with Gasteiger partial charge in [-0.3, -0.25) is 0 Å². The van der Waals surface area contributed by atoms with Crippen LogP contribution in [0.25, 0.3) is 0 Å². The molecule has 1 aromatic rings. The van der Waals surface area contributed by atoms with Gasteiger partial charge in [0.05, 0.1) is 0 Å². The zero-order valence-corrected chi connectivity index (χ0v) is 8.92. The van der Waals surface area contributed by atoms with Crippen molar-refractivity contribution in [3.63, 3.8) is 0 Å². The van der Waals surface area contributed by atoms with Crippen molar-refractivity contribution in [3.8, 4) is 5.75 Å². The van der Waals surface area contributed by atoms with Gasteiger partial charge in [0.1, 0.15) is 6.54 Å². The molecule has 1 unspecified atom stereocenters. The third-order valence-electron chi connectivity index (χ3n) is 2.81. The summed E-state index contributed by atoms with van der Waals surface area (Å²) >= 11 is 0. The molecular weight excluding hydrogens is 174 g/mol. The zero-order chi connectivity index (χ0) is 10.0. The Morgan fingerprint density at radius 3 is 3.00 bits per heavy atom. The van der Waals surface area contributed by atoms with E-state index in [9.17, 15) is 0 Å². The third kappa shape index (κ3) is 1.75. The highest BCUT2D eigenvalue weighted by atomic mass is 16.5. The number of hydrogen-bond donors (Lipinski definition) is 1. The van der Waals surface area contributed by atoms with Gasteiger partial charge in [0.15, 0.2) is 17.0 Å². The molecule has 0 radical (unpaired) electrons. The Kier molecular flexibility index (Phi) is 2.46. The van der Waals surface area contributed by atoms with E-state index in [1.807, 2.05) is 6.07 Å². The Balaban J connectivity index is 2.20. The Labute approximate surface area is 85.3 Å². The van der Waals surface area contributed by atoms with Crippen molar-refractivity contribution in [2.75, 3.05) is 6.54 Å². The fourth-order valence-electron chi connectivity index (χ4n) is 2.06. The molecule has 0 spiro atoms. The van der Waals surface area contributed by atoms with Crippen molar-refractivity contribution < 1.29 is 10.1 Å². The number of rotatable bonds is 2. The minimum atomic E-state index is 0.0170. The van der Waals surface area contributed by atoms with Crippen molar-refractivity contribution in [2.24, 2.45) is 0 Å². The number of ether oxygens (including phenoxy) is 1. The van der Waals surface area contributed by atoms with E-state index in [0.717, 1.165) is 18.7 Å². The maximum absolute atomic E-state index is 6.03. The van der Waals surface area contributed by atoms with Crippen molar-refractivity contribution in [2.45, 2.75) is 32.3 Å². The molecule has 2 nitrogen and oxygen atoms in total. The van der Waals surface area contributed by atoms with E-state index in [0.29, 0.717) is 0 Å². The van der Waals surface area contributed by atoms with Crippen molar-refractivity contribution >= 4 is 5.69 Å². The second kappa shape index (κ2) is 3.62. The topological polar surface area (TPSA) is 25.8 Å². The molecule has 0 saturated heterocycles. The SMILES string of the molecule is CCCC1(C)C[NH2+]c2ccccc2O1. The maximum atomic E-state index is 6.03. The molecular formula is C12H18NO+. The first-order valence-corrected chi connectivity index (χ1v) is 5.35. The van der Waals surface area contributed by atoms with Crippen LogP contribution in [0.2, 0.25) is 0 Å². The fourth-order valence-corrected chi connectivity index (χ4v) is 2.06. The van der Waals surface area contributed by atoms with Crippen LogP contribution in [0.1, 0.15) is 26.7 Å². The Morgan fingerprint density at radius 1 is 1.43 bits per heavy atom. The number of hydrogen-bond acceptors (Lipinski definition) is 1. The second-order valence-electron chi connectivity index (χ2n) is 4.25. The van der Waals surface area contributed by atoms with E-state index in [2.05, 4.69) is 37.4 Å². The van der Waals surface area contributed by atoms with E-state index in [-0.39, 0.29) is 5.60 Å². The summed E-state index contributed by atoms with van der Waals surface area (Å²) in [5, 5.41) is 2.29. The summed E-state index contributed by atoms with van der Waals surface area (Å²) in [6.45, 7) is 5.43. The highest BCUT2D eigenvalue weighted by Gasteiger charge is 2.33. The second-order valence-corrected chi connectivity index (χ2v) is 4.25. The molecule has 2 N–H and O–H groups in total. The largest absolute Gasteiger partial charge is 0.475 e. The molecule has 14 heavy (non-hydrogen) atoms. The lowest BCUT2D eigenvalue weighted by atomic mass is 9.98. The first kappa shape index (κ1) is 9.53. The minimum Gasteiger partial charge on any atom is -0.475 e. The van der Waals surface area contributed by atoms with Gasteiger partial charge in [-0.2, -0.15) is 0 Å². The van der Waals surface area contributed by atoms with Crippen molar-refractivity contribution in [3.05, 3.63) is 24.3 Å². The highest BCUT2D eigenvalue weighted by Crippen LogP contribution is 2.29. The number of nitrogens with two attached hydrogens (primary N) is 1. The van der Waals surface area contributed by atoms with Gasteiger partial charge < -0.3 is 10.1 Å². The van der Waals surface area contributed by atoms with Gasteiger partial charge in [0.2, 0.25) is 0 Å². The molecule has 0 bridgehead atoms. The molecule has 1 aliphatic heterocycles. The fraction of sp³-hybridized carbons (Fsp3) is 0.500. The standard InChI is InChI=1S/C12H17NO/c1-3-8-12(2)9-13-10-6-4-5-7-11(10)14-12/h4-7,13H,3,8-9H2,1-2H3/p+1. The van der Waals surface area contributed by atoms with Crippen LogP contribution >= 0.6 is 0 Å². The van der Waals surface area contributed by atoms with Crippen LogP contribution in [0.5, 0.6) is 5.75 Å². The summed E-state index contributed by atoms with van der Waals surface area (Å²) in [5.41, 5.74) is 1.25. The van der Waals surface area contributed by atoms with Crippen LogP contribution in [0.15, 0.2) is 24.3 Å². The monoisotopic (exact) mass is 192 g/mol. The molecule has 0 saturated carbocycles. The molecule has 76 valence electrons. The van der Waals surface area contributed by atoms with Gasteiger partial charge in [0.25, 0.3) is 0 Å². The average Bonchev–Trinajstić information content (AvgIpc) is 2.17. The van der Waals surface area contributed by atoms with Crippen LogP contribution in [0.3, 0.4) is 0 Å². The smallest absolute Gasteiger partial charge is 0.180 e. The molecule has 1 heterocycles. The van der Waals surface area contributed by atoms with Crippen LogP contribution in [0.4, 0.5) is 5.69 Å². The van der Waals surface area contributed by atoms with Gasteiger partial charge in [0, 0.05) is 6.07 Å². The van der Waals surface area contributed by atoms with Crippen LogP contribution in [-0.4, -0.2) is 12.1 Å². The molecule has 2 heteroatoms. The lowest BCUT2D eigenvalue weighted by Gasteiger charge is -2.33. The van der Waals surface area contributed by atoms with E-state index in [1.165, 1.54) is 12.1 Å².